The maximum Gasteiger partial charge on any atom is 0.387 e. The highest BCUT2D eigenvalue weighted by atomic mass is 19.3. The number of carbonyl (C=O) groups excluding carboxylic acids is 2. The minimum atomic E-state index is -2.92. The fraction of sp³-hybridized carbons (Fsp3) is 0.500. The van der Waals surface area contributed by atoms with Crippen molar-refractivity contribution >= 4 is 11.9 Å². The van der Waals surface area contributed by atoms with Crippen LogP contribution in [0.3, 0.4) is 0 Å². The molecule has 1 aromatic rings. The lowest BCUT2D eigenvalue weighted by atomic mass is 10.2. The van der Waals surface area contributed by atoms with Crippen molar-refractivity contribution in [3.05, 3.63) is 23.8 Å². The van der Waals surface area contributed by atoms with E-state index in [0.717, 1.165) is 5.56 Å². The second-order valence-electron chi connectivity index (χ2n) is 5.21. The van der Waals surface area contributed by atoms with Gasteiger partial charge in [0.2, 0.25) is 5.91 Å². The largest absolute Gasteiger partial charge is 0.490 e. The number of urea groups is 1. The first-order valence-electron chi connectivity index (χ1n) is 7.76. The van der Waals surface area contributed by atoms with Crippen LogP contribution in [0.2, 0.25) is 0 Å². The fourth-order valence-corrected chi connectivity index (χ4v) is 2.05. The molecule has 0 aliphatic carbocycles. The Bertz CT molecular complexity index is 584. The predicted molar refractivity (Wildman–Crippen MR) is 87.8 cm³/mol. The summed E-state index contributed by atoms with van der Waals surface area (Å²) in [4.78, 5) is 24.4. The molecule has 0 aliphatic heterocycles. The average molecular weight is 359 g/mol. The van der Waals surface area contributed by atoms with E-state index in [-0.39, 0.29) is 23.8 Å². The Balaban J connectivity index is 2.61. The maximum atomic E-state index is 12.4. The number of alkyl halides is 2. The Morgan fingerprint density at radius 2 is 2.00 bits per heavy atom. The third kappa shape index (κ3) is 7.79. The molecule has 1 aromatic carbocycles. The van der Waals surface area contributed by atoms with E-state index in [1.807, 2.05) is 4.90 Å². The summed E-state index contributed by atoms with van der Waals surface area (Å²) in [6.45, 7) is 0.0328. The van der Waals surface area contributed by atoms with E-state index in [4.69, 9.17) is 4.74 Å². The van der Waals surface area contributed by atoms with E-state index in [9.17, 15) is 18.4 Å². The quantitative estimate of drug-likeness (QED) is 0.705. The lowest BCUT2D eigenvalue weighted by Gasteiger charge is -2.18. The second-order valence-corrected chi connectivity index (χ2v) is 5.21. The molecule has 0 bridgehead atoms. The summed E-state index contributed by atoms with van der Waals surface area (Å²) in [5.41, 5.74) is 0.819. The van der Waals surface area contributed by atoms with Gasteiger partial charge in [0, 0.05) is 26.6 Å². The number of halogens is 2. The molecule has 1 rings (SSSR count). The van der Waals surface area contributed by atoms with Gasteiger partial charge in [0.15, 0.2) is 11.5 Å². The first-order valence-corrected chi connectivity index (χ1v) is 7.76. The van der Waals surface area contributed by atoms with Gasteiger partial charge in [-0.05, 0) is 31.7 Å². The van der Waals surface area contributed by atoms with Crippen LogP contribution in [0.1, 0.15) is 18.9 Å². The summed E-state index contributed by atoms with van der Waals surface area (Å²) in [6, 6.07) is 4.16. The fourth-order valence-electron chi connectivity index (χ4n) is 2.05. The normalized spacial score (nSPS) is 10.7. The number of nitrogens with one attached hydrogen (secondary N) is 2. The van der Waals surface area contributed by atoms with Crippen molar-refractivity contribution < 1.29 is 27.8 Å². The Labute approximate surface area is 145 Å². The lowest BCUT2D eigenvalue weighted by molar-refractivity contribution is -0.120. The molecule has 0 aliphatic rings. The zero-order chi connectivity index (χ0) is 18.8. The molecular formula is C16H23F2N3O4. The molecule has 0 heterocycles. The molecule has 0 spiro atoms. The van der Waals surface area contributed by atoms with Crippen molar-refractivity contribution in [2.45, 2.75) is 26.5 Å². The summed E-state index contributed by atoms with van der Waals surface area (Å²) >= 11 is 0. The second kappa shape index (κ2) is 10.4. The highest BCUT2D eigenvalue weighted by Gasteiger charge is 2.13. The molecule has 0 saturated heterocycles. The molecule has 140 valence electrons. The monoisotopic (exact) mass is 359 g/mol. The van der Waals surface area contributed by atoms with Crippen molar-refractivity contribution in [1.82, 2.24) is 15.5 Å². The zero-order valence-corrected chi connectivity index (χ0v) is 14.5. The number of carbonyl (C=O) groups is 2. The van der Waals surface area contributed by atoms with Gasteiger partial charge in [-0.3, -0.25) is 10.1 Å². The van der Waals surface area contributed by atoms with Gasteiger partial charge in [0.25, 0.3) is 0 Å². The van der Waals surface area contributed by atoms with Crippen molar-refractivity contribution in [2.75, 3.05) is 27.2 Å². The predicted octanol–water partition coefficient (Wildman–Crippen LogP) is 1.96. The number of benzene rings is 1. The number of hydrogen-bond acceptors (Lipinski definition) is 5. The Morgan fingerprint density at radius 1 is 1.28 bits per heavy atom. The van der Waals surface area contributed by atoms with Gasteiger partial charge in [-0.1, -0.05) is 6.07 Å². The lowest BCUT2D eigenvalue weighted by Crippen LogP contribution is -2.38. The van der Waals surface area contributed by atoms with Crippen LogP contribution in [-0.4, -0.2) is 50.7 Å². The topological polar surface area (TPSA) is 79.9 Å². The molecule has 0 fully saturated rings. The molecule has 7 nitrogen and oxygen atoms in total. The molecule has 3 amide bonds. The number of imide groups is 1. The van der Waals surface area contributed by atoms with E-state index in [1.54, 1.807) is 26.1 Å². The molecular weight excluding hydrogens is 336 g/mol. The smallest absolute Gasteiger partial charge is 0.387 e. The highest BCUT2D eigenvalue weighted by molar-refractivity contribution is 5.94. The molecule has 0 aromatic heterocycles. The van der Waals surface area contributed by atoms with E-state index >= 15 is 0 Å². The summed E-state index contributed by atoms with van der Waals surface area (Å²) in [5, 5.41) is 4.47. The number of nitrogens with zero attached hydrogens (tertiary/aromatic N) is 1. The molecule has 0 saturated carbocycles. The molecule has 25 heavy (non-hydrogen) atoms. The van der Waals surface area contributed by atoms with Crippen LogP contribution in [0, 0.1) is 0 Å². The average Bonchev–Trinajstić information content (AvgIpc) is 2.55. The molecule has 0 atom stereocenters. The van der Waals surface area contributed by atoms with Gasteiger partial charge in [0.05, 0.1) is 6.61 Å². The van der Waals surface area contributed by atoms with E-state index in [1.165, 1.54) is 13.1 Å². The minimum Gasteiger partial charge on any atom is -0.490 e. The maximum absolute atomic E-state index is 12.4. The van der Waals surface area contributed by atoms with Crippen LogP contribution in [-0.2, 0) is 11.3 Å². The van der Waals surface area contributed by atoms with Crippen molar-refractivity contribution in [2.24, 2.45) is 0 Å². The molecule has 0 unspecified atom stereocenters. The zero-order valence-electron chi connectivity index (χ0n) is 14.5. The van der Waals surface area contributed by atoms with Crippen molar-refractivity contribution in [1.29, 1.82) is 0 Å². The Kier molecular flexibility index (Phi) is 8.62. The van der Waals surface area contributed by atoms with Gasteiger partial charge in [0.1, 0.15) is 0 Å². The van der Waals surface area contributed by atoms with Crippen molar-refractivity contribution in [3.8, 4) is 11.5 Å². The Hall–Kier alpha value is -2.42. The summed E-state index contributed by atoms with van der Waals surface area (Å²) in [5.74, 6) is -0.166. The first-order chi connectivity index (χ1) is 11.8. The highest BCUT2D eigenvalue weighted by Crippen LogP contribution is 2.30. The van der Waals surface area contributed by atoms with Crippen LogP contribution < -0.4 is 20.1 Å². The van der Waals surface area contributed by atoms with Crippen LogP contribution in [0.4, 0.5) is 13.6 Å². The van der Waals surface area contributed by atoms with E-state index < -0.39 is 12.6 Å². The summed E-state index contributed by atoms with van der Waals surface area (Å²) < 4.78 is 34.5. The number of ether oxygens (including phenoxy) is 2. The van der Waals surface area contributed by atoms with Gasteiger partial charge < -0.3 is 19.7 Å². The summed E-state index contributed by atoms with van der Waals surface area (Å²) in [7, 11) is 3.23. The molecule has 2 N–H and O–H groups in total. The van der Waals surface area contributed by atoms with Crippen LogP contribution in [0.15, 0.2) is 18.2 Å². The van der Waals surface area contributed by atoms with Crippen LogP contribution in [0.5, 0.6) is 11.5 Å². The third-order valence-electron chi connectivity index (χ3n) is 3.18. The van der Waals surface area contributed by atoms with Gasteiger partial charge in [-0.15, -0.1) is 0 Å². The third-order valence-corrected chi connectivity index (χ3v) is 3.18. The van der Waals surface area contributed by atoms with Crippen molar-refractivity contribution in [3.63, 3.8) is 0 Å². The molecule has 0 radical (unpaired) electrons. The summed E-state index contributed by atoms with van der Waals surface area (Å²) in [6.07, 6.45) is 0.148. The van der Waals surface area contributed by atoms with E-state index in [0.29, 0.717) is 19.7 Å². The van der Waals surface area contributed by atoms with Crippen LogP contribution in [0.25, 0.3) is 0 Å². The van der Waals surface area contributed by atoms with E-state index in [2.05, 4.69) is 15.4 Å². The van der Waals surface area contributed by atoms with Gasteiger partial charge in [-0.25, -0.2) is 4.79 Å². The standard InChI is InChI=1S/C16H23F2N3O4/c1-4-24-13-9-11(5-6-12(13)25-15(17)18)10-21(3)8-7-14(22)20-16(23)19-2/h5-6,9,15H,4,7-8,10H2,1-3H3,(H2,19,20,22,23). The SMILES string of the molecule is CCOc1cc(CN(C)CCC(=O)NC(=O)NC)ccc1OC(F)F. The minimum absolute atomic E-state index is 0.0202. The number of rotatable bonds is 9. The first kappa shape index (κ1) is 20.6. The van der Waals surface area contributed by atoms with Gasteiger partial charge >= 0.3 is 12.6 Å². The Morgan fingerprint density at radius 3 is 2.60 bits per heavy atom. The number of hydrogen-bond donors (Lipinski definition) is 2. The molecule has 9 heteroatoms. The van der Waals surface area contributed by atoms with Crippen LogP contribution >= 0.6 is 0 Å². The number of amides is 3. The van der Waals surface area contributed by atoms with Gasteiger partial charge in [-0.2, -0.15) is 8.78 Å².